The van der Waals surface area contributed by atoms with E-state index in [9.17, 15) is 9.59 Å². The van der Waals surface area contributed by atoms with Gasteiger partial charge in [-0.3, -0.25) is 4.79 Å². The zero-order valence-electron chi connectivity index (χ0n) is 23.4. The van der Waals surface area contributed by atoms with Gasteiger partial charge in [0.1, 0.15) is 19.3 Å². The molecule has 1 aliphatic heterocycles. The van der Waals surface area contributed by atoms with E-state index in [-0.39, 0.29) is 25.7 Å². The van der Waals surface area contributed by atoms with E-state index in [2.05, 4.69) is 0 Å². The molecule has 42 heavy (non-hydrogen) atoms. The molecule has 0 N–H and O–H groups in total. The molecule has 1 aliphatic rings. The number of hydrogen-bond acceptors (Lipinski definition) is 6. The first-order valence-corrected chi connectivity index (χ1v) is 14.1. The Kier molecular flexibility index (Phi) is 10.5. The predicted octanol–water partition coefficient (Wildman–Crippen LogP) is 5.33. The highest BCUT2D eigenvalue weighted by molar-refractivity contribution is 5.88. The lowest BCUT2D eigenvalue weighted by Gasteiger charge is -2.49. The summed E-state index contributed by atoms with van der Waals surface area (Å²) in [5, 5.41) is 0. The summed E-state index contributed by atoms with van der Waals surface area (Å²) in [6, 6.07) is 38.5. The van der Waals surface area contributed by atoms with Gasteiger partial charge in [-0.1, -0.05) is 121 Å². The minimum atomic E-state index is -0.734. The standard InChI is InChI=1S/C35H35NO6/c37-32(26-39-22-28-15-7-2-8-16-28)41-25-31(40-23-29-17-9-3-10-18-29)33-34(42-24-30-19-11-4-12-20-30)35(38)36(33)21-27-13-5-1-6-14-27/h1-20,31,33-34H,21-26H2/t31-,33+,34-/m0/s1. The summed E-state index contributed by atoms with van der Waals surface area (Å²) >= 11 is 0. The highest BCUT2D eigenvalue weighted by Gasteiger charge is 2.52. The third-order valence-corrected chi connectivity index (χ3v) is 7.09. The molecule has 0 bridgehead atoms. The van der Waals surface area contributed by atoms with E-state index >= 15 is 0 Å². The molecular formula is C35H35NO6. The van der Waals surface area contributed by atoms with Crippen molar-refractivity contribution in [1.29, 1.82) is 0 Å². The van der Waals surface area contributed by atoms with E-state index in [1.54, 1.807) is 4.90 Å². The van der Waals surface area contributed by atoms with E-state index in [1.807, 2.05) is 121 Å². The maximum atomic E-state index is 13.4. The molecule has 1 saturated heterocycles. The molecule has 0 unspecified atom stereocenters. The SMILES string of the molecule is O=C(COCc1ccccc1)OC[C@H](OCc1ccccc1)[C@@H]1[C@H](OCc2ccccc2)C(=O)N1Cc1ccccc1. The number of rotatable bonds is 15. The number of likely N-dealkylation sites (tertiary alicyclic amines) is 1. The van der Waals surface area contributed by atoms with Gasteiger partial charge in [-0.05, 0) is 22.3 Å². The van der Waals surface area contributed by atoms with E-state index < -0.39 is 24.2 Å². The van der Waals surface area contributed by atoms with Crippen LogP contribution < -0.4 is 0 Å². The second-order valence-electron chi connectivity index (χ2n) is 10.2. The fraction of sp³-hybridized carbons (Fsp3) is 0.257. The van der Waals surface area contributed by atoms with Crippen molar-refractivity contribution in [2.24, 2.45) is 0 Å². The van der Waals surface area contributed by atoms with Gasteiger partial charge in [-0.2, -0.15) is 0 Å². The molecule has 0 aromatic heterocycles. The Bertz CT molecular complexity index is 1380. The minimum absolute atomic E-state index is 0.0468. The molecule has 0 radical (unpaired) electrons. The number of nitrogens with zero attached hydrogens (tertiary/aromatic N) is 1. The number of ether oxygens (including phenoxy) is 4. The van der Waals surface area contributed by atoms with E-state index in [4.69, 9.17) is 18.9 Å². The van der Waals surface area contributed by atoms with Gasteiger partial charge in [-0.25, -0.2) is 4.79 Å². The average molecular weight is 566 g/mol. The zero-order valence-corrected chi connectivity index (χ0v) is 23.4. The monoisotopic (exact) mass is 565 g/mol. The van der Waals surface area contributed by atoms with Crippen molar-refractivity contribution in [2.45, 2.75) is 44.6 Å². The molecule has 0 aliphatic carbocycles. The lowest BCUT2D eigenvalue weighted by atomic mass is 9.91. The summed E-state index contributed by atoms with van der Waals surface area (Å²) in [5.74, 6) is -0.619. The van der Waals surface area contributed by atoms with Crippen LogP contribution in [0.5, 0.6) is 0 Å². The maximum absolute atomic E-state index is 13.4. The molecule has 3 atom stereocenters. The molecule has 1 fully saturated rings. The minimum Gasteiger partial charge on any atom is -0.461 e. The van der Waals surface area contributed by atoms with Gasteiger partial charge < -0.3 is 23.8 Å². The van der Waals surface area contributed by atoms with Crippen LogP contribution in [0.15, 0.2) is 121 Å². The Labute approximate surface area is 246 Å². The molecular weight excluding hydrogens is 530 g/mol. The quantitative estimate of drug-likeness (QED) is 0.143. The van der Waals surface area contributed by atoms with Crippen LogP contribution in [0.2, 0.25) is 0 Å². The van der Waals surface area contributed by atoms with Crippen molar-refractivity contribution in [3.63, 3.8) is 0 Å². The molecule has 1 heterocycles. The van der Waals surface area contributed by atoms with Crippen LogP contribution in [-0.2, 0) is 54.9 Å². The Morgan fingerprint density at radius 1 is 0.667 bits per heavy atom. The summed E-state index contributed by atoms with van der Waals surface area (Å²) in [6.07, 6.45) is -1.35. The summed E-state index contributed by atoms with van der Waals surface area (Å²) in [7, 11) is 0. The lowest BCUT2D eigenvalue weighted by Crippen LogP contribution is -2.70. The third kappa shape index (κ3) is 8.13. The van der Waals surface area contributed by atoms with Crippen molar-refractivity contribution in [2.75, 3.05) is 13.2 Å². The molecule has 0 saturated carbocycles. The predicted molar refractivity (Wildman–Crippen MR) is 158 cm³/mol. The number of esters is 1. The number of β-lactam (4-membered cyclic amide) rings is 1. The maximum Gasteiger partial charge on any atom is 0.332 e. The van der Waals surface area contributed by atoms with Gasteiger partial charge in [-0.15, -0.1) is 0 Å². The number of carbonyl (C=O) groups is 2. The normalized spacial score (nSPS) is 17.0. The van der Waals surface area contributed by atoms with Crippen molar-refractivity contribution in [1.82, 2.24) is 4.90 Å². The summed E-state index contributed by atoms with van der Waals surface area (Å²) in [6.45, 7) is 1.05. The van der Waals surface area contributed by atoms with Gasteiger partial charge in [0.25, 0.3) is 5.91 Å². The van der Waals surface area contributed by atoms with Crippen LogP contribution >= 0.6 is 0 Å². The fourth-order valence-electron chi connectivity index (χ4n) is 4.89. The first-order valence-electron chi connectivity index (χ1n) is 14.1. The first-order chi connectivity index (χ1) is 20.7. The van der Waals surface area contributed by atoms with Crippen molar-refractivity contribution < 1.29 is 28.5 Å². The van der Waals surface area contributed by atoms with E-state index in [0.29, 0.717) is 19.8 Å². The van der Waals surface area contributed by atoms with Crippen LogP contribution in [0.25, 0.3) is 0 Å². The van der Waals surface area contributed by atoms with Crippen molar-refractivity contribution in [3.8, 4) is 0 Å². The van der Waals surface area contributed by atoms with Crippen LogP contribution in [0.1, 0.15) is 22.3 Å². The summed E-state index contributed by atoms with van der Waals surface area (Å²) < 4.78 is 23.8. The number of benzene rings is 4. The smallest absolute Gasteiger partial charge is 0.332 e. The van der Waals surface area contributed by atoms with Gasteiger partial charge in [0.05, 0.1) is 25.9 Å². The van der Waals surface area contributed by atoms with Crippen molar-refractivity contribution in [3.05, 3.63) is 144 Å². The molecule has 5 rings (SSSR count). The molecule has 216 valence electrons. The Morgan fingerprint density at radius 2 is 1.17 bits per heavy atom. The van der Waals surface area contributed by atoms with Gasteiger partial charge in [0.2, 0.25) is 0 Å². The highest BCUT2D eigenvalue weighted by atomic mass is 16.6. The lowest BCUT2D eigenvalue weighted by molar-refractivity contribution is -0.199. The number of amides is 1. The second-order valence-corrected chi connectivity index (χ2v) is 10.2. The second kappa shape index (κ2) is 15.1. The Morgan fingerprint density at radius 3 is 1.74 bits per heavy atom. The molecule has 1 amide bonds. The molecule has 7 heteroatoms. The Balaban J connectivity index is 1.29. The Hall–Kier alpha value is -4.30. The van der Waals surface area contributed by atoms with Gasteiger partial charge >= 0.3 is 5.97 Å². The third-order valence-electron chi connectivity index (χ3n) is 7.09. The van der Waals surface area contributed by atoms with Crippen LogP contribution in [0.4, 0.5) is 0 Å². The van der Waals surface area contributed by atoms with Crippen LogP contribution in [0, 0.1) is 0 Å². The summed E-state index contributed by atoms with van der Waals surface area (Å²) in [5.41, 5.74) is 3.90. The van der Waals surface area contributed by atoms with Gasteiger partial charge in [0.15, 0.2) is 6.10 Å². The van der Waals surface area contributed by atoms with E-state index in [0.717, 1.165) is 22.3 Å². The molecule has 0 spiro atoms. The number of hydrogen-bond donors (Lipinski definition) is 0. The van der Waals surface area contributed by atoms with Gasteiger partial charge in [0, 0.05) is 6.54 Å². The molecule has 7 nitrogen and oxygen atoms in total. The van der Waals surface area contributed by atoms with Crippen molar-refractivity contribution >= 4 is 11.9 Å². The molecule has 4 aromatic rings. The topological polar surface area (TPSA) is 74.3 Å². The van der Waals surface area contributed by atoms with Crippen LogP contribution in [0.3, 0.4) is 0 Å². The average Bonchev–Trinajstić information content (AvgIpc) is 3.04. The zero-order chi connectivity index (χ0) is 29.0. The summed E-state index contributed by atoms with van der Waals surface area (Å²) in [4.78, 5) is 27.8. The first kappa shape index (κ1) is 29.2. The number of carbonyl (C=O) groups excluding carboxylic acids is 2. The van der Waals surface area contributed by atoms with E-state index in [1.165, 1.54) is 0 Å². The largest absolute Gasteiger partial charge is 0.461 e. The van der Waals surface area contributed by atoms with Crippen LogP contribution in [-0.4, -0.2) is 48.2 Å². The molecule has 4 aromatic carbocycles. The highest BCUT2D eigenvalue weighted by Crippen LogP contribution is 2.31. The fourth-order valence-corrected chi connectivity index (χ4v) is 4.89.